The number of rotatable bonds is 6. The topological polar surface area (TPSA) is 97.1 Å². The van der Waals surface area contributed by atoms with Crippen molar-refractivity contribution in [3.8, 4) is 0 Å². The molecule has 3 aromatic rings. The molecule has 8 nitrogen and oxygen atoms in total. The Morgan fingerprint density at radius 2 is 1.84 bits per heavy atom. The third-order valence-corrected chi connectivity index (χ3v) is 5.29. The van der Waals surface area contributed by atoms with Gasteiger partial charge in [-0.25, -0.2) is 9.59 Å². The number of fused-ring (bicyclic) bond motifs is 1. The molecule has 32 heavy (non-hydrogen) atoms. The number of likely N-dealkylation sites (tertiary alicyclic amines) is 1. The van der Waals surface area contributed by atoms with Crippen molar-refractivity contribution in [2.75, 3.05) is 24.7 Å². The van der Waals surface area contributed by atoms with Crippen molar-refractivity contribution < 1.29 is 23.5 Å². The molecular weight excluding hydrogens is 412 g/mol. The van der Waals surface area contributed by atoms with Crippen molar-refractivity contribution in [3.05, 3.63) is 76.1 Å². The second kappa shape index (κ2) is 9.05. The van der Waals surface area contributed by atoms with Gasteiger partial charge < -0.3 is 14.1 Å². The number of esters is 1. The average Bonchev–Trinajstić information content (AvgIpc) is 3.21. The summed E-state index contributed by atoms with van der Waals surface area (Å²) in [6.07, 6.45) is 1.13. The maximum Gasteiger partial charge on any atom is 0.349 e. The van der Waals surface area contributed by atoms with Crippen LogP contribution in [-0.2, 0) is 9.53 Å². The van der Waals surface area contributed by atoms with E-state index in [2.05, 4.69) is 0 Å². The average molecular weight is 434 g/mol. The highest BCUT2D eigenvalue weighted by Gasteiger charge is 2.28. The molecule has 2 heterocycles. The van der Waals surface area contributed by atoms with E-state index in [4.69, 9.17) is 9.15 Å². The van der Waals surface area contributed by atoms with Gasteiger partial charge in [0.1, 0.15) is 17.8 Å². The van der Waals surface area contributed by atoms with Gasteiger partial charge in [-0.1, -0.05) is 18.2 Å². The van der Waals surface area contributed by atoms with E-state index in [1.807, 2.05) is 0 Å². The second-order valence-corrected chi connectivity index (χ2v) is 7.39. The van der Waals surface area contributed by atoms with E-state index >= 15 is 0 Å². The number of carbonyl (C=O) groups is 3. The first-order valence-electron chi connectivity index (χ1n) is 10.4. The van der Waals surface area contributed by atoms with Crippen molar-refractivity contribution in [1.82, 2.24) is 4.90 Å². The SMILES string of the molecule is CCOC(=O)c1ccc(N(CN2CCCC2=O)C(=O)c2cc3ccccc3oc2=O)cc1. The lowest BCUT2D eigenvalue weighted by Crippen LogP contribution is -2.43. The van der Waals surface area contributed by atoms with Gasteiger partial charge in [-0.2, -0.15) is 0 Å². The summed E-state index contributed by atoms with van der Waals surface area (Å²) in [7, 11) is 0. The van der Waals surface area contributed by atoms with Gasteiger partial charge in [-0.15, -0.1) is 0 Å². The minimum atomic E-state index is -0.755. The number of para-hydroxylation sites is 1. The van der Waals surface area contributed by atoms with Gasteiger partial charge in [0, 0.05) is 24.0 Å². The predicted octanol–water partition coefficient (Wildman–Crippen LogP) is 3.20. The molecule has 0 unspecified atom stereocenters. The van der Waals surface area contributed by atoms with Crippen LogP contribution in [0.15, 0.2) is 63.8 Å². The quantitative estimate of drug-likeness (QED) is 0.437. The van der Waals surface area contributed by atoms with Gasteiger partial charge in [0.2, 0.25) is 5.91 Å². The molecule has 8 heteroatoms. The summed E-state index contributed by atoms with van der Waals surface area (Å²) < 4.78 is 10.3. The lowest BCUT2D eigenvalue weighted by Gasteiger charge is -2.28. The lowest BCUT2D eigenvalue weighted by molar-refractivity contribution is -0.127. The third-order valence-electron chi connectivity index (χ3n) is 5.29. The maximum atomic E-state index is 13.5. The highest BCUT2D eigenvalue weighted by atomic mass is 16.5. The highest BCUT2D eigenvalue weighted by Crippen LogP contribution is 2.22. The Balaban J connectivity index is 1.71. The van der Waals surface area contributed by atoms with Crippen LogP contribution in [0.1, 0.15) is 40.5 Å². The van der Waals surface area contributed by atoms with Gasteiger partial charge in [-0.3, -0.25) is 14.5 Å². The van der Waals surface area contributed by atoms with Crippen LogP contribution in [-0.4, -0.2) is 42.5 Å². The monoisotopic (exact) mass is 434 g/mol. The Hall–Kier alpha value is -3.94. The van der Waals surface area contributed by atoms with Crippen LogP contribution in [0.25, 0.3) is 11.0 Å². The van der Waals surface area contributed by atoms with E-state index in [0.717, 1.165) is 0 Å². The zero-order valence-electron chi connectivity index (χ0n) is 17.6. The predicted molar refractivity (Wildman–Crippen MR) is 118 cm³/mol. The van der Waals surface area contributed by atoms with E-state index in [-0.39, 0.29) is 24.7 Å². The third kappa shape index (κ3) is 4.25. The van der Waals surface area contributed by atoms with Crippen molar-refractivity contribution >= 4 is 34.4 Å². The molecule has 1 fully saturated rings. The summed E-state index contributed by atoms with van der Waals surface area (Å²) in [5.41, 5.74) is 0.272. The first-order valence-corrected chi connectivity index (χ1v) is 10.4. The number of ether oxygens (including phenoxy) is 1. The normalized spacial score (nSPS) is 13.4. The molecule has 0 atom stereocenters. The molecule has 4 rings (SSSR count). The van der Waals surface area contributed by atoms with Crippen molar-refractivity contribution in [1.29, 1.82) is 0 Å². The van der Waals surface area contributed by atoms with Crippen LogP contribution in [0.5, 0.6) is 0 Å². The van der Waals surface area contributed by atoms with Gasteiger partial charge in [0.15, 0.2) is 0 Å². The van der Waals surface area contributed by atoms with Crippen molar-refractivity contribution in [2.24, 2.45) is 0 Å². The smallest absolute Gasteiger partial charge is 0.349 e. The molecule has 0 N–H and O–H groups in total. The van der Waals surface area contributed by atoms with Crippen LogP contribution >= 0.6 is 0 Å². The van der Waals surface area contributed by atoms with E-state index in [0.29, 0.717) is 41.6 Å². The van der Waals surface area contributed by atoms with Crippen LogP contribution < -0.4 is 10.5 Å². The lowest BCUT2D eigenvalue weighted by atomic mass is 10.1. The number of nitrogens with zero attached hydrogens (tertiary/aromatic N) is 2. The number of carbonyl (C=O) groups excluding carboxylic acids is 3. The Labute approximate surface area is 184 Å². The van der Waals surface area contributed by atoms with E-state index in [9.17, 15) is 19.2 Å². The Morgan fingerprint density at radius 1 is 1.09 bits per heavy atom. The number of hydrogen-bond acceptors (Lipinski definition) is 6. The van der Waals surface area contributed by atoms with Gasteiger partial charge in [0.25, 0.3) is 5.91 Å². The molecule has 2 amide bonds. The second-order valence-electron chi connectivity index (χ2n) is 7.39. The summed E-state index contributed by atoms with van der Waals surface area (Å²) in [6, 6.07) is 14.7. The fourth-order valence-electron chi connectivity index (χ4n) is 3.64. The summed E-state index contributed by atoms with van der Waals surface area (Å²) in [4.78, 5) is 53.1. The summed E-state index contributed by atoms with van der Waals surface area (Å²) in [5.74, 6) is -1.12. The summed E-state index contributed by atoms with van der Waals surface area (Å²) in [6.45, 7) is 2.48. The fraction of sp³-hybridized carbons (Fsp3) is 0.250. The number of amides is 2. The standard InChI is InChI=1S/C24H22N2O6/c1-2-31-23(29)16-9-11-18(12-10-16)26(15-25-13-5-8-21(25)27)22(28)19-14-17-6-3-4-7-20(17)32-24(19)30/h3-4,6-7,9-12,14H,2,5,8,13,15H2,1H3. The molecule has 1 saturated heterocycles. The molecule has 1 aliphatic rings. The van der Waals surface area contributed by atoms with Crippen LogP contribution in [0.3, 0.4) is 0 Å². The minimum absolute atomic E-state index is 0.0112. The van der Waals surface area contributed by atoms with E-state index in [1.54, 1.807) is 60.4 Å². The van der Waals surface area contributed by atoms with E-state index < -0.39 is 17.5 Å². The summed E-state index contributed by atoms with van der Waals surface area (Å²) in [5, 5.41) is 0.616. The zero-order chi connectivity index (χ0) is 22.7. The van der Waals surface area contributed by atoms with Gasteiger partial charge >= 0.3 is 11.6 Å². The minimum Gasteiger partial charge on any atom is -0.462 e. The zero-order valence-corrected chi connectivity index (χ0v) is 17.6. The molecule has 0 saturated carbocycles. The maximum absolute atomic E-state index is 13.5. The molecule has 0 aliphatic carbocycles. The van der Waals surface area contributed by atoms with Gasteiger partial charge in [0.05, 0.1) is 12.2 Å². The Bertz CT molecular complexity index is 1230. The van der Waals surface area contributed by atoms with Gasteiger partial charge in [-0.05, 0) is 49.7 Å². The number of hydrogen-bond donors (Lipinski definition) is 0. The van der Waals surface area contributed by atoms with Crippen LogP contribution in [0.4, 0.5) is 5.69 Å². The van der Waals surface area contributed by atoms with Crippen LogP contribution in [0, 0.1) is 0 Å². The number of benzene rings is 2. The molecule has 0 radical (unpaired) electrons. The largest absolute Gasteiger partial charge is 0.462 e. The molecule has 2 aromatic carbocycles. The first kappa shape index (κ1) is 21.3. The Kier molecular flexibility index (Phi) is 6.02. The molecular formula is C24H22N2O6. The Morgan fingerprint density at radius 3 is 2.53 bits per heavy atom. The highest BCUT2D eigenvalue weighted by molar-refractivity contribution is 6.07. The molecule has 164 valence electrons. The summed E-state index contributed by atoms with van der Waals surface area (Å²) >= 11 is 0. The first-order chi connectivity index (χ1) is 15.5. The molecule has 1 aromatic heterocycles. The fourth-order valence-corrected chi connectivity index (χ4v) is 3.64. The van der Waals surface area contributed by atoms with Crippen molar-refractivity contribution in [3.63, 3.8) is 0 Å². The molecule has 0 bridgehead atoms. The molecule has 1 aliphatic heterocycles. The van der Waals surface area contributed by atoms with Crippen LogP contribution in [0.2, 0.25) is 0 Å². The number of anilines is 1. The van der Waals surface area contributed by atoms with E-state index in [1.165, 1.54) is 11.0 Å². The molecule has 0 spiro atoms. The van der Waals surface area contributed by atoms with Crippen molar-refractivity contribution in [2.45, 2.75) is 19.8 Å².